The lowest BCUT2D eigenvalue weighted by Gasteiger charge is -2.35. The summed E-state index contributed by atoms with van der Waals surface area (Å²) in [5.41, 5.74) is 5.83. The maximum atomic E-state index is 12.1. The molecule has 1 rings (SSSR count). The third kappa shape index (κ3) is 3.95. The van der Waals surface area contributed by atoms with Crippen LogP contribution in [0.3, 0.4) is 0 Å². The molecule has 0 aromatic rings. The van der Waals surface area contributed by atoms with Gasteiger partial charge in [-0.05, 0) is 24.2 Å². The molecule has 16 heavy (non-hydrogen) atoms. The van der Waals surface area contributed by atoms with Gasteiger partial charge in [0.05, 0.1) is 6.04 Å². The van der Waals surface area contributed by atoms with Gasteiger partial charge in [-0.25, -0.2) is 0 Å². The van der Waals surface area contributed by atoms with Crippen molar-refractivity contribution >= 4 is 18.3 Å². The second-order valence-electron chi connectivity index (χ2n) is 5.85. The van der Waals surface area contributed by atoms with Gasteiger partial charge in [0.1, 0.15) is 0 Å². The average molecular weight is 249 g/mol. The number of hydrogen-bond donors (Lipinski definition) is 1. The maximum Gasteiger partial charge on any atom is 0.240 e. The summed E-state index contributed by atoms with van der Waals surface area (Å²) in [6.45, 7) is 10.0. The number of nitrogens with zero attached hydrogens (tertiary/aromatic N) is 1. The van der Waals surface area contributed by atoms with Crippen molar-refractivity contribution in [2.24, 2.45) is 17.1 Å². The minimum absolute atomic E-state index is 0. The van der Waals surface area contributed by atoms with Gasteiger partial charge >= 0.3 is 0 Å². The quantitative estimate of drug-likeness (QED) is 0.772. The number of hydrogen-bond acceptors (Lipinski definition) is 2. The predicted molar refractivity (Wildman–Crippen MR) is 69.7 cm³/mol. The number of likely N-dealkylation sites (tertiary alicyclic amines) is 1. The van der Waals surface area contributed by atoms with Gasteiger partial charge in [-0.1, -0.05) is 27.7 Å². The van der Waals surface area contributed by atoms with Crippen molar-refractivity contribution in [3.8, 4) is 0 Å². The third-order valence-corrected chi connectivity index (χ3v) is 3.29. The minimum Gasteiger partial charge on any atom is -0.341 e. The van der Waals surface area contributed by atoms with Crippen LogP contribution in [0.4, 0.5) is 0 Å². The summed E-state index contributed by atoms with van der Waals surface area (Å²) in [7, 11) is 0. The molecule has 4 heteroatoms. The van der Waals surface area contributed by atoms with E-state index >= 15 is 0 Å². The lowest BCUT2D eigenvalue weighted by molar-refractivity contribution is -0.136. The molecular weight excluding hydrogens is 224 g/mol. The highest BCUT2D eigenvalue weighted by atomic mass is 35.5. The molecule has 1 aliphatic rings. The molecule has 0 aliphatic carbocycles. The van der Waals surface area contributed by atoms with Gasteiger partial charge < -0.3 is 10.6 Å². The minimum atomic E-state index is -0.370. The van der Waals surface area contributed by atoms with Crippen LogP contribution in [0.15, 0.2) is 0 Å². The van der Waals surface area contributed by atoms with Crippen LogP contribution in [-0.2, 0) is 4.79 Å². The summed E-state index contributed by atoms with van der Waals surface area (Å²) >= 11 is 0. The predicted octanol–water partition coefficient (Wildman–Crippen LogP) is 2.04. The number of halogens is 1. The fraction of sp³-hybridized carbons (Fsp3) is 0.917. The Balaban J connectivity index is 0.00000225. The van der Waals surface area contributed by atoms with Gasteiger partial charge in [0.2, 0.25) is 5.91 Å². The van der Waals surface area contributed by atoms with Crippen molar-refractivity contribution in [1.82, 2.24) is 4.90 Å². The number of rotatable bonds is 1. The highest BCUT2D eigenvalue weighted by molar-refractivity contribution is 5.85. The van der Waals surface area contributed by atoms with Crippen molar-refractivity contribution in [3.05, 3.63) is 0 Å². The van der Waals surface area contributed by atoms with Crippen LogP contribution in [0.2, 0.25) is 0 Å². The van der Waals surface area contributed by atoms with E-state index in [0.29, 0.717) is 0 Å². The highest BCUT2D eigenvalue weighted by Crippen LogP contribution is 2.22. The maximum absolute atomic E-state index is 12.1. The van der Waals surface area contributed by atoms with Gasteiger partial charge in [0, 0.05) is 13.1 Å². The molecule has 1 heterocycles. The summed E-state index contributed by atoms with van der Waals surface area (Å²) in [5, 5.41) is 0. The summed E-state index contributed by atoms with van der Waals surface area (Å²) in [6.07, 6.45) is 2.23. The fourth-order valence-corrected chi connectivity index (χ4v) is 1.80. The molecule has 1 fully saturated rings. The van der Waals surface area contributed by atoms with Gasteiger partial charge in [-0.3, -0.25) is 4.79 Å². The standard InChI is InChI=1S/C12H24N2O.ClH/c1-9-5-7-14(8-6-9)11(15)10(13)12(2,3)4;/h9-10H,5-8,13H2,1-4H3;1H/t10-;/m1./s1. The Labute approximate surface area is 105 Å². The fourth-order valence-electron chi connectivity index (χ4n) is 1.80. The van der Waals surface area contributed by atoms with E-state index < -0.39 is 0 Å². The molecular formula is C12H25ClN2O. The largest absolute Gasteiger partial charge is 0.341 e. The van der Waals surface area contributed by atoms with Crippen molar-refractivity contribution in [1.29, 1.82) is 0 Å². The van der Waals surface area contributed by atoms with Crippen LogP contribution < -0.4 is 5.73 Å². The van der Waals surface area contributed by atoms with Crippen molar-refractivity contribution in [3.63, 3.8) is 0 Å². The molecule has 1 atom stereocenters. The van der Waals surface area contributed by atoms with Crippen LogP contribution in [0.25, 0.3) is 0 Å². The first kappa shape index (κ1) is 15.7. The van der Waals surface area contributed by atoms with Crippen LogP contribution in [-0.4, -0.2) is 29.9 Å². The van der Waals surface area contributed by atoms with Gasteiger partial charge in [0.25, 0.3) is 0 Å². The Morgan fingerprint density at radius 2 is 1.75 bits per heavy atom. The normalized spacial score (nSPS) is 20.2. The molecule has 96 valence electrons. The molecule has 0 aromatic heterocycles. The molecule has 1 aliphatic heterocycles. The van der Waals surface area contributed by atoms with E-state index in [4.69, 9.17) is 5.73 Å². The zero-order valence-corrected chi connectivity index (χ0v) is 11.6. The summed E-state index contributed by atoms with van der Waals surface area (Å²) < 4.78 is 0. The molecule has 0 aromatic carbocycles. The first-order valence-electron chi connectivity index (χ1n) is 5.86. The van der Waals surface area contributed by atoms with Gasteiger partial charge in [-0.2, -0.15) is 0 Å². The van der Waals surface area contributed by atoms with Crippen LogP contribution in [0, 0.1) is 11.3 Å². The second-order valence-corrected chi connectivity index (χ2v) is 5.85. The molecule has 0 spiro atoms. The number of carbonyl (C=O) groups excluding carboxylic acids is 1. The number of nitrogens with two attached hydrogens (primary N) is 1. The van der Waals surface area contributed by atoms with E-state index in [1.54, 1.807) is 0 Å². The zero-order valence-electron chi connectivity index (χ0n) is 10.8. The van der Waals surface area contributed by atoms with E-state index in [1.807, 2.05) is 25.7 Å². The topological polar surface area (TPSA) is 46.3 Å². The zero-order chi connectivity index (χ0) is 11.6. The van der Waals surface area contributed by atoms with Crippen LogP contribution in [0.5, 0.6) is 0 Å². The average Bonchev–Trinajstić information content (AvgIpc) is 2.15. The highest BCUT2D eigenvalue weighted by Gasteiger charge is 2.32. The van der Waals surface area contributed by atoms with E-state index in [1.165, 1.54) is 0 Å². The number of carbonyl (C=O) groups is 1. The first-order chi connectivity index (χ1) is 6.82. The van der Waals surface area contributed by atoms with E-state index in [2.05, 4.69) is 6.92 Å². The Morgan fingerprint density at radius 3 is 2.12 bits per heavy atom. The second kappa shape index (κ2) is 5.87. The van der Waals surface area contributed by atoms with Gasteiger partial charge in [0.15, 0.2) is 0 Å². The van der Waals surface area contributed by atoms with Crippen LogP contribution in [0.1, 0.15) is 40.5 Å². The molecule has 3 nitrogen and oxygen atoms in total. The van der Waals surface area contributed by atoms with E-state index in [0.717, 1.165) is 31.8 Å². The Bertz CT molecular complexity index is 230. The molecule has 1 saturated heterocycles. The molecule has 1 amide bonds. The Morgan fingerprint density at radius 1 is 1.31 bits per heavy atom. The molecule has 0 unspecified atom stereocenters. The van der Waals surface area contributed by atoms with E-state index in [9.17, 15) is 4.79 Å². The Kier molecular flexibility index (Phi) is 5.77. The molecule has 0 bridgehead atoms. The summed E-state index contributed by atoms with van der Waals surface area (Å²) in [4.78, 5) is 14.0. The van der Waals surface area contributed by atoms with E-state index in [-0.39, 0.29) is 29.8 Å². The molecule has 2 N–H and O–H groups in total. The third-order valence-electron chi connectivity index (χ3n) is 3.29. The lowest BCUT2D eigenvalue weighted by Crippen LogP contribution is -2.52. The molecule has 0 saturated carbocycles. The first-order valence-corrected chi connectivity index (χ1v) is 5.86. The number of amides is 1. The van der Waals surface area contributed by atoms with Crippen LogP contribution >= 0.6 is 12.4 Å². The smallest absolute Gasteiger partial charge is 0.240 e. The summed E-state index contributed by atoms with van der Waals surface area (Å²) in [6, 6.07) is -0.370. The lowest BCUT2D eigenvalue weighted by atomic mass is 9.86. The molecule has 0 radical (unpaired) electrons. The van der Waals surface area contributed by atoms with Gasteiger partial charge in [-0.15, -0.1) is 12.4 Å². The van der Waals surface area contributed by atoms with Crippen molar-refractivity contribution in [2.45, 2.75) is 46.6 Å². The van der Waals surface area contributed by atoms with Crippen molar-refractivity contribution < 1.29 is 4.79 Å². The Hall–Kier alpha value is -0.280. The number of piperidine rings is 1. The summed E-state index contributed by atoms with van der Waals surface area (Å²) in [5.74, 6) is 0.870. The van der Waals surface area contributed by atoms with Crippen molar-refractivity contribution in [2.75, 3.05) is 13.1 Å². The monoisotopic (exact) mass is 248 g/mol. The SMILES string of the molecule is CC1CCN(C(=O)[C@@H](N)C(C)(C)C)CC1.Cl.